The molecule has 1 aliphatic rings. The molecule has 1 aliphatic heterocycles. The molecule has 1 heterocycles. The van der Waals surface area contributed by atoms with Crippen LogP contribution in [0, 0.1) is 6.92 Å². The van der Waals surface area contributed by atoms with Gasteiger partial charge in [0.25, 0.3) is 0 Å². The molecule has 0 aromatic heterocycles. The van der Waals surface area contributed by atoms with E-state index in [-0.39, 0.29) is 6.04 Å². The summed E-state index contributed by atoms with van der Waals surface area (Å²) in [7, 11) is 0. The van der Waals surface area contributed by atoms with Gasteiger partial charge in [-0.05, 0) is 35.7 Å². The van der Waals surface area contributed by atoms with E-state index in [4.69, 9.17) is 17.0 Å². The molecule has 0 bridgehead atoms. The molecular formula is C32H32N2OS. The van der Waals surface area contributed by atoms with Crippen molar-refractivity contribution in [3.05, 3.63) is 137 Å². The van der Waals surface area contributed by atoms with Gasteiger partial charge < -0.3 is 9.64 Å². The van der Waals surface area contributed by atoms with E-state index in [1.807, 2.05) is 18.2 Å². The van der Waals surface area contributed by atoms with Gasteiger partial charge in [-0.1, -0.05) is 115 Å². The normalized spacial score (nSPS) is 14.1. The molecule has 4 heteroatoms. The van der Waals surface area contributed by atoms with Gasteiger partial charge in [0, 0.05) is 26.2 Å². The fraction of sp³-hybridized carbons (Fsp3) is 0.219. The predicted octanol–water partition coefficient (Wildman–Crippen LogP) is 6.66. The SMILES string of the molecule is Cc1ccc(COc2ccccc2C(=S)N2CCN(C(c3ccccc3)c3ccccc3)CC2)cc1. The Kier molecular flexibility index (Phi) is 7.75. The van der Waals surface area contributed by atoms with Crippen LogP contribution in [0.2, 0.25) is 0 Å². The maximum atomic E-state index is 6.23. The molecular weight excluding hydrogens is 460 g/mol. The van der Waals surface area contributed by atoms with Gasteiger partial charge in [0.1, 0.15) is 17.3 Å². The van der Waals surface area contributed by atoms with Crippen molar-refractivity contribution in [1.29, 1.82) is 0 Å². The second-order valence-electron chi connectivity index (χ2n) is 9.32. The van der Waals surface area contributed by atoms with Crippen LogP contribution in [0.25, 0.3) is 0 Å². The largest absolute Gasteiger partial charge is 0.488 e. The van der Waals surface area contributed by atoms with Crippen LogP contribution < -0.4 is 4.74 Å². The lowest BCUT2D eigenvalue weighted by Gasteiger charge is -2.41. The van der Waals surface area contributed by atoms with Crippen molar-refractivity contribution in [3.63, 3.8) is 0 Å². The molecule has 0 saturated carbocycles. The Morgan fingerprint density at radius 2 is 1.28 bits per heavy atom. The van der Waals surface area contributed by atoms with Gasteiger partial charge in [-0.15, -0.1) is 0 Å². The number of hydrogen-bond donors (Lipinski definition) is 0. The molecule has 182 valence electrons. The summed E-state index contributed by atoms with van der Waals surface area (Å²) in [5.41, 5.74) is 6.06. The highest BCUT2D eigenvalue weighted by molar-refractivity contribution is 7.80. The van der Waals surface area contributed by atoms with Gasteiger partial charge >= 0.3 is 0 Å². The van der Waals surface area contributed by atoms with E-state index < -0.39 is 0 Å². The van der Waals surface area contributed by atoms with E-state index in [0.717, 1.165) is 48.0 Å². The van der Waals surface area contributed by atoms with Crippen LogP contribution in [0.1, 0.15) is 33.9 Å². The third-order valence-corrected chi connectivity index (χ3v) is 7.31. The Bertz CT molecular complexity index is 1230. The van der Waals surface area contributed by atoms with Gasteiger partial charge in [-0.2, -0.15) is 0 Å². The number of aryl methyl sites for hydroxylation is 1. The van der Waals surface area contributed by atoms with Crippen molar-refractivity contribution in [2.45, 2.75) is 19.6 Å². The van der Waals surface area contributed by atoms with Gasteiger partial charge in [0.2, 0.25) is 0 Å². The number of hydrogen-bond acceptors (Lipinski definition) is 3. The Morgan fingerprint density at radius 1 is 0.722 bits per heavy atom. The minimum Gasteiger partial charge on any atom is -0.488 e. The molecule has 36 heavy (non-hydrogen) atoms. The molecule has 4 aromatic carbocycles. The summed E-state index contributed by atoms with van der Waals surface area (Å²) in [6.07, 6.45) is 0. The second kappa shape index (κ2) is 11.5. The minimum atomic E-state index is 0.244. The highest BCUT2D eigenvalue weighted by Crippen LogP contribution is 2.30. The van der Waals surface area contributed by atoms with E-state index in [1.54, 1.807) is 0 Å². The van der Waals surface area contributed by atoms with E-state index in [1.165, 1.54) is 16.7 Å². The van der Waals surface area contributed by atoms with Crippen LogP contribution in [-0.4, -0.2) is 41.0 Å². The Morgan fingerprint density at radius 3 is 1.89 bits per heavy atom. The van der Waals surface area contributed by atoms with Gasteiger partial charge in [-0.25, -0.2) is 0 Å². The van der Waals surface area contributed by atoms with Crippen LogP contribution >= 0.6 is 12.2 Å². The van der Waals surface area contributed by atoms with Crippen molar-refractivity contribution in [1.82, 2.24) is 9.80 Å². The Labute approximate surface area is 220 Å². The van der Waals surface area contributed by atoms with E-state index >= 15 is 0 Å². The summed E-state index contributed by atoms with van der Waals surface area (Å²) in [6.45, 7) is 6.30. The number of para-hydroxylation sites is 1. The van der Waals surface area contributed by atoms with E-state index in [0.29, 0.717) is 6.61 Å². The molecule has 0 aliphatic carbocycles. The average Bonchev–Trinajstić information content (AvgIpc) is 2.94. The van der Waals surface area contributed by atoms with Crippen LogP contribution in [0.3, 0.4) is 0 Å². The number of nitrogens with zero attached hydrogens (tertiary/aromatic N) is 2. The number of thiocarbonyl (C=S) groups is 1. The van der Waals surface area contributed by atoms with Crippen molar-refractivity contribution in [2.24, 2.45) is 0 Å². The predicted molar refractivity (Wildman–Crippen MR) is 152 cm³/mol. The molecule has 3 nitrogen and oxygen atoms in total. The van der Waals surface area contributed by atoms with Crippen LogP contribution in [0.5, 0.6) is 5.75 Å². The molecule has 0 N–H and O–H groups in total. The number of ether oxygens (including phenoxy) is 1. The van der Waals surface area contributed by atoms with Crippen LogP contribution in [-0.2, 0) is 6.61 Å². The van der Waals surface area contributed by atoms with Crippen molar-refractivity contribution in [3.8, 4) is 5.75 Å². The number of benzene rings is 4. The zero-order valence-electron chi connectivity index (χ0n) is 20.7. The van der Waals surface area contributed by atoms with Gasteiger partial charge in [0.15, 0.2) is 0 Å². The number of rotatable bonds is 7. The molecule has 0 spiro atoms. The maximum absolute atomic E-state index is 6.23. The van der Waals surface area contributed by atoms with Crippen molar-refractivity contribution < 1.29 is 4.74 Å². The summed E-state index contributed by atoms with van der Waals surface area (Å²) >= 11 is 5.99. The Hall–Kier alpha value is -3.47. The fourth-order valence-electron chi connectivity index (χ4n) is 4.85. The smallest absolute Gasteiger partial charge is 0.130 e. The highest BCUT2D eigenvalue weighted by Gasteiger charge is 2.28. The molecule has 1 saturated heterocycles. The summed E-state index contributed by atoms with van der Waals surface area (Å²) in [5, 5.41) is 0. The lowest BCUT2D eigenvalue weighted by atomic mass is 9.96. The molecule has 0 unspecified atom stereocenters. The molecule has 0 amide bonds. The third kappa shape index (κ3) is 5.67. The standard InChI is InChI=1S/C32H32N2OS/c1-25-16-18-26(19-17-25)24-35-30-15-9-8-14-29(30)32(36)34-22-20-33(21-23-34)31(27-10-4-2-5-11-27)28-12-6-3-7-13-28/h2-19,31H,20-24H2,1H3. The second-order valence-corrected chi connectivity index (χ2v) is 9.71. The van der Waals surface area contributed by atoms with Gasteiger partial charge in [0.05, 0.1) is 11.6 Å². The lowest BCUT2D eigenvalue weighted by molar-refractivity contribution is 0.151. The monoisotopic (exact) mass is 492 g/mol. The van der Waals surface area contributed by atoms with E-state index in [2.05, 4.69) is 108 Å². The highest BCUT2D eigenvalue weighted by atomic mass is 32.1. The first-order valence-corrected chi connectivity index (χ1v) is 13.0. The summed E-state index contributed by atoms with van der Waals surface area (Å²) in [4.78, 5) is 5.77. The quantitative estimate of drug-likeness (QED) is 0.268. The van der Waals surface area contributed by atoms with Gasteiger partial charge in [-0.3, -0.25) is 4.90 Å². The molecule has 1 fully saturated rings. The van der Waals surface area contributed by atoms with E-state index in [9.17, 15) is 0 Å². The summed E-state index contributed by atoms with van der Waals surface area (Å²) < 4.78 is 6.23. The first-order valence-electron chi connectivity index (χ1n) is 12.6. The molecule has 0 radical (unpaired) electrons. The van der Waals surface area contributed by atoms with Crippen molar-refractivity contribution >= 4 is 17.2 Å². The van der Waals surface area contributed by atoms with Crippen LogP contribution in [0.4, 0.5) is 0 Å². The summed E-state index contributed by atoms with van der Waals surface area (Å²) in [5.74, 6) is 0.844. The topological polar surface area (TPSA) is 15.7 Å². The van der Waals surface area contributed by atoms with Crippen LogP contribution in [0.15, 0.2) is 109 Å². The number of piperazine rings is 1. The third-order valence-electron chi connectivity index (χ3n) is 6.83. The minimum absolute atomic E-state index is 0.244. The summed E-state index contributed by atoms with van der Waals surface area (Å²) in [6, 6.07) is 38.5. The molecule has 4 aromatic rings. The zero-order chi connectivity index (χ0) is 24.7. The molecule has 5 rings (SSSR count). The first kappa shape index (κ1) is 24.2. The zero-order valence-corrected chi connectivity index (χ0v) is 21.5. The Balaban J connectivity index is 1.28. The maximum Gasteiger partial charge on any atom is 0.130 e. The fourth-order valence-corrected chi connectivity index (χ4v) is 5.20. The average molecular weight is 493 g/mol. The first-order chi connectivity index (χ1) is 17.7. The van der Waals surface area contributed by atoms with Crippen molar-refractivity contribution in [2.75, 3.05) is 26.2 Å². The lowest BCUT2D eigenvalue weighted by Crippen LogP contribution is -2.49. The molecule has 0 atom stereocenters.